The molecule has 1 heterocycles. The summed E-state index contributed by atoms with van der Waals surface area (Å²) in [6.45, 7) is 0.606. The lowest BCUT2D eigenvalue weighted by atomic mass is 9.93. The van der Waals surface area contributed by atoms with Gasteiger partial charge in [-0.25, -0.2) is 0 Å². The van der Waals surface area contributed by atoms with Gasteiger partial charge in [0.1, 0.15) is 5.54 Å². The first-order chi connectivity index (χ1) is 9.59. The van der Waals surface area contributed by atoms with Crippen LogP contribution < -0.4 is 5.32 Å². The number of hydrogen-bond acceptors (Lipinski definition) is 2. The Morgan fingerprint density at radius 1 is 1.15 bits per heavy atom. The van der Waals surface area contributed by atoms with Crippen molar-refractivity contribution in [3.63, 3.8) is 0 Å². The Hall–Kier alpha value is -1.55. The second-order valence-corrected chi connectivity index (χ2v) is 6.06. The van der Waals surface area contributed by atoms with E-state index in [1.165, 1.54) is 0 Å². The summed E-state index contributed by atoms with van der Waals surface area (Å²) < 4.78 is 0. The Morgan fingerprint density at radius 2 is 1.80 bits per heavy atom. The van der Waals surface area contributed by atoms with Crippen molar-refractivity contribution in [3.8, 4) is 0 Å². The third kappa shape index (κ3) is 2.40. The molecule has 0 atom stereocenters. The van der Waals surface area contributed by atoms with Crippen molar-refractivity contribution in [2.75, 3.05) is 6.54 Å². The molecule has 20 heavy (non-hydrogen) atoms. The van der Waals surface area contributed by atoms with Crippen LogP contribution in [0.5, 0.6) is 0 Å². The molecule has 1 N–H and O–H groups in total. The second-order valence-electron chi connectivity index (χ2n) is 5.63. The molecule has 0 bridgehead atoms. The van der Waals surface area contributed by atoms with Crippen LogP contribution in [0, 0.1) is 0 Å². The molecule has 4 nitrogen and oxygen atoms in total. The van der Waals surface area contributed by atoms with Crippen LogP contribution in [-0.2, 0) is 16.1 Å². The smallest absolute Gasteiger partial charge is 0.249 e. The Balaban J connectivity index is 1.79. The number of rotatable bonds is 2. The van der Waals surface area contributed by atoms with E-state index in [1.54, 1.807) is 17.0 Å². The summed E-state index contributed by atoms with van der Waals surface area (Å²) in [5.41, 5.74) is 0.354. The zero-order valence-electron chi connectivity index (χ0n) is 11.2. The summed E-state index contributed by atoms with van der Waals surface area (Å²) in [5, 5.41) is 3.59. The Bertz CT molecular complexity index is 535. The van der Waals surface area contributed by atoms with Gasteiger partial charge in [-0.1, -0.05) is 36.6 Å². The van der Waals surface area contributed by atoms with Crippen LogP contribution in [-0.4, -0.2) is 28.8 Å². The number of carbonyl (C=O) groups is 2. The van der Waals surface area contributed by atoms with Gasteiger partial charge in [0.05, 0.1) is 6.54 Å². The van der Waals surface area contributed by atoms with Gasteiger partial charge in [-0.05, 0) is 30.5 Å². The van der Waals surface area contributed by atoms with E-state index in [0.717, 1.165) is 31.2 Å². The van der Waals surface area contributed by atoms with Crippen LogP contribution in [0.25, 0.3) is 0 Å². The number of nitrogens with one attached hydrogen (secondary N) is 1. The first-order valence-corrected chi connectivity index (χ1v) is 7.32. The zero-order chi connectivity index (χ0) is 14.2. The molecule has 2 amide bonds. The van der Waals surface area contributed by atoms with E-state index in [-0.39, 0.29) is 18.4 Å². The predicted octanol–water partition coefficient (Wildman–Crippen LogP) is 2.11. The average Bonchev–Trinajstić information content (AvgIpc) is 2.87. The third-order valence-electron chi connectivity index (χ3n) is 4.15. The second kappa shape index (κ2) is 5.09. The molecule has 1 aliphatic heterocycles. The number of carbonyl (C=O) groups excluding carboxylic acids is 2. The minimum absolute atomic E-state index is 0.0551. The van der Waals surface area contributed by atoms with Gasteiger partial charge in [-0.2, -0.15) is 0 Å². The summed E-state index contributed by atoms with van der Waals surface area (Å²) >= 11 is 5.86. The largest absolute Gasteiger partial charge is 0.340 e. The summed E-state index contributed by atoms with van der Waals surface area (Å²) in [6, 6.07) is 7.39. The van der Waals surface area contributed by atoms with Crippen molar-refractivity contribution in [2.45, 2.75) is 37.8 Å². The number of piperazine rings is 1. The van der Waals surface area contributed by atoms with Crippen molar-refractivity contribution in [1.82, 2.24) is 10.2 Å². The Kier molecular flexibility index (Phi) is 3.42. The van der Waals surface area contributed by atoms with Crippen molar-refractivity contribution < 1.29 is 9.59 Å². The molecule has 1 aliphatic carbocycles. The highest BCUT2D eigenvalue weighted by Gasteiger charge is 2.48. The minimum Gasteiger partial charge on any atom is -0.340 e. The number of halogens is 1. The maximum absolute atomic E-state index is 12.7. The molecule has 0 radical (unpaired) electrons. The van der Waals surface area contributed by atoms with Gasteiger partial charge in [0, 0.05) is 11.6 Å². The lowest BCUT2D eigenvalue weighted by Gasteiger charge is -2.39. The van der Waals surface area contributed by atoms with Gasteiger partial charge in [0.2, 0.25) is 11.8 Å². The standard InChI is InChI=1S/C15H17ClN2O2/c16-12-5-3-11(4-6-12)9-18-10-13(19)17-15(14(18)20)7-1-2-8-15/h3-6H,1-2,7-10H2,(H,17,19). The number of nitrogens with zero attached hydrogens (tertiary/aromatic N) is 1. The molecule has 1 saturated heterocycles. The fourth-order valence-electron chi connectivity index (χ4n) is 3.16. The minimum atomic E-state index is -0.637. The SMILES string of the molecule is O=C1CN(Cc2ccc(Cl)cc2)C(=O)C2(CCCC2)N1. The lowest BCUT2D eigenvalue weighted by Crippen LogP contribution is -2.65. The molecule has 0 aromatic heterocycles. The quantitative estimate of drug-likeness (QED) is 0.907. The molecular formula is C15H17ClN2O2. The van der Waals surface area contributed by atoms with Gasteiger partial charge < -0.3 is 10.2 Å². The zero-order valence-corrected chi connectivity index (χ0v) is 11.9. The maximum Gasteiger partial charge on any atom is 0.249 e. The summed E-state index contributed by atoms with van der Waals surface area (Å²) in [7, 11) is 0. The van der Waals surface area contributed by atoms with Crippen LogP contribution in [0.3, 0.4) is 0 Å². The van der Waals surface area contributed by atoms with Gasteiger partial charge in [0.15, 0.2) is 0 Å². The molecule has 3 rings (SSSR count). The van der Waals surface area contributed by atoms with Crippen LogP contribution in [0.2, 0.25) is 5.02 Å². The predicted molar refractivity (Wildman–Crippen MR) is 76.2 cm³/mol. The molecule has 1 saturated carbocycles. The van der Waals surface area contributed by atoms with Crippen molar-refractivity contribution in [2.24, 2.45) is 0 Å². The highest BCUT2D eigenvalue weighted by Crippen LogP contribution is 2.33. The molecule has 106 valence electrons. The third-order valence-corrected chi connectivity index (χ3v) is 4.41. The highest BCUT2D eigenvalue weighted by molar-refractivity contribution is 6.30. The van der Waals surface area contributed by atoms with Crippen LogP contribution in [0.15, 0.2) is 24.3 Å². The Morgan fingerprint density at radius 3 is 2.45 bits per heavy atom. The van der Waals surface area contributed by atoms with E-state index in [0.29, 0.717) is 11.6 Å². The van der Waals surface area contributed by atoms with Crippen LogP contribution in [0.1, 0.15) is 31.2 Å². The van der Waals surface area contributed by atoms with E-state index in [2.05, 4.69) is 5.32 Å². The number of benzene rings is 1. The van der Waals surface area contributed by atoms with Crippen molar-refractivity contribution >= 4 is 23.4 Å². The van der Waals surface area contributed by atoms with Crippen LogP contribution >= 0.6 is 11.6 Å². The van der Waals surface area contributed by atoms with Crippen molar-refractivity contribution in [1.29, 1.82) is 0 Å². The van der Waals surface area contributed by atoms with Crippen molar-refractivity contribution in [3.05, 3.63) is 34.9 Å². The monoisotopic (exact) mass is 292 g/mol. The number of hydrogen-bond donors (Lipinski definition) is 1. The highest BCUT2D eigenvalue weighted by atomic mass is 35.5. The van der Waals surface area contributed by atoms with E-state index in [4.69, 9.17) is 11.6 Å². The first kappa shape index (κ1) is 13.4. The Labute approximate surface area is 123 Å². The van der Waals surface area contributed by atoms with E-state index in [1.807, 2.05) is 12.1 Å². The van der Waals surface area contributed by atoms with Gasteiger partial charge >= 0.3 is 0 Å². The maximum atomic E-state index is 12.7. The van der Waals surface area contributed by atoms with Gasteiger partial charge in [0.25, 0.3) is 0 Å². The summed E-state index contributed by atoms with van der Waals surface area (Å²) in [4.78, 5) is 26.2. The normalized spacial score (nSPS) is 21.4. The molecule has 1 spiro atoms. The molecule has 2 aliphatic rings. The topological polar surface area (TPSA) is 49.4 Å². The molecule has 0 unspecified atom stereocenters. The fraction of sp³-hybridized carbons (Fsp3) is 0.467. The van der Waals surface area contributed by atoms with Crippen LogP contribution in [0.4, 0.5) is 0 Å². The van der Waals surface area contributed by atoms with E-state index in [9.17, 15) is 9.59 Å². The number of amides is 2. The molecule has 5 heteroatoms. The summed E-state index contributed by atoms with van der Waals surface area (Å²) in [5.74, 6) is 0.00464. The van der Waals surface area contributed by atoms with Gasteiger partial charge in [-0.3, -0.25) is 9.59 Å². The lowest BCUT2D eigenvalue weighted by molar-refractivity contribution is -0.150. The molecule has 2 fully saturated rings. The fourth-order valence-corrected chi connectivity index (χ4v) is 3.29. The first-order valence-electron chi connectivity index (χ1n) is 6.94. The molecule has 1 aromatic rings. The van der Waals surface area contributed by atoms with Gasteiger partial charge in [-0.15, -0.1) is 0 Å². The molecular weight excluding hydrogens is 276 g/mol. The van der Waals surface area contributed by atoms with E-state index < -0.39 is 5.54 Å². The summed E-state index contributed by atoms with van der Waals surface area (Å²) in [6.07, 6.45) is 3.52. The molecule has 1 aromatic carbocycles. The average molecular weight is 293 g/mol. The van der Waals surface area contributed by atoms with E-state index >= 15 is 0 Å².